The Kier molecular flexibility index (Phi) is 7.51. The highest BCUT2D eigenvalue weighted by Gasteiger charge is 2.27. The van der Waals surface area contributed by atoms with Crippen LogP contribution >= 0.6 is 0 Å². The Morgan fingerprint density at radius 2 is 1.79 bits per heavy atom. The normalized spacial score (nSPS) is 13.2. The Balaban J connectivity index is 1.65. The number of rotatable bonds is 11. The van der Waals surface area contributed by atoms with Gasteiger partial charge < -0.3 is 9.67 Å². The summed E-state index contributed by atoms with van der Waals surface area (Å²) in [6.45, 7) is 7.88. The van der Waals surface area contributed by atoms with Crippen molar-refractivity contribution in [3.8, 4) is 0 Å². The molecule has 0 aliphatic carbocycles. The number of fused-ring (bicyclic) bond motifs is 3. The molecule has 2 N–H and O–H groups in total. The number of para-hydroxylation sites is 1. The van der Waals surface area contributed by atoms with Gasteiger partial charge in [-0.05, 0) is 60.0 Å². The van der Waals surface area contributed by atoms with Crippen LogP contribution in [0.3, 0.4) is 0 Å². The molecule has 0 fully saturated rings. The fourth-order valence-corrected chi connectivity index (χ4v) is 5.33. The van der Waals surface area contributed by atoms with Crippen LogP contribution in [0.5, 0.6) is 0 Å². The number of carboxylic acids is 1. The number of carboxylic acid groups (broad SMARTS) is 1. The Labute approximate surface area is 222 Å². The van der Waals surface area contributed by atoms with Gasteiger partial charge in [0.25, 0.3) is 0 Å². The van der Waals surface area contributed by atoms with Crippen LogP contribution in [0.15, 0.2) is 66.7 Å². The predicted octanol–water partition coefficient (Wildman–Crippen LogP) is 5.80. The molecule has 0 spiro atoms. The van der Waals surface area contributed by atoms with E-state index in [9.17, 15) is 9.90 Å². The highest BCUT2D eigenvalue weighted by molar-refractivity contribution is 6.08. The van der Waals surface area contributed by atoms with E-state index in [1.165, 1.54) is 16.4 Å². The van der Waals surface area contributed by atoms with Crippen molar-refractivity contribution in [2.45, 2.75) is 65.2 Å². The van der Waals surface area contributed by atoms with Crippen LogP contribution in [0.4, 0.5) is 0 Å². The number of nitrogens with one attached hydrogen (secondary N) is 1. The summed E-state index contributed by atoms with van der Waals surface area (Å²) in [4.78, 5) is 11.9. The van der Waals surface area contributed by atoms with Gasteiger partial charge in [-0.25, -0.2) is 4.68 Å². The summed E-state index contributed by atoms with van der Waals surface area (Å²) in [5.41, 5.74) is 5.36. The van der Waals surface area contributed by atoms with Crippen LogP contribution in [0, 0.1) is 6.92 Å². The van der Waals surface area contributed by atoms with Gasteiger partial charge in [-0.1, -0.05) is 67.4 Å². The minimum Gasteiger partial charge on any atom is -0.481 e. The molecule has 0 saturated carbocycles. The fraction of sp³-hybridized carbons (Fsp3) is 0.333. The molecule has 2 aromatic heterocycles. The Morgan fingerprint density at radius 1 is 0.974 bits per heavy atom. The maximum Gasteiger partial charge on any atom is 0.305 e. The van der Waals surface area contributed by atoms with Crippen molar-refractivity contribution in [2.75, 3.05) is 0 Å². The van der Waals surface area contributed by atoms with E-state index in [0.717, 1.165) is 41.5 Å². The lowest BCUT2D eigenvalue weighted by Crippen LogP contribution is -2.31. The van der Waals surface area contributed by atoms with Gasteiger partial charge in [-0.15, -0.1) is 5.10 Å². The molecule has 0 saturated heterocycles. The number of nitrogens with zero attached hydrogens (tertiary/aromatic N) is 5. The van der Waals surface area contributed by atoms with Gasteiger partial charge in [0.05, 0.1) is 12.5 Å². The minimum absolute atomic E-state index is 0.0616. The smallest absolute Gasteiger partial charge is 0.305 e. The molecule has 2 atom stereocenters. The zero-order valence-corrected chi connectivity index (χ0v) is 22.1. The highest BCUT2D eigenvalue weighted by atomic mass is 16.4. The van der Waals surface area contributed by atoms with Crippen molar-refractivity contribution in [1.82, 2.24) is 30.1 Å². The second kappa shape index (κ2) is 11.1. The second-order valence-corrected chi connectivity index (χ2v) is 9.82. The number of unbranched alkanes of at least 4 members (excludes halogenated alkanes) is 1. The molecular weight excluding hydrogens is 476 g/mol. The summed E-state index contributed by atoms with van der Waals surface area (Å²) in [6, 6.07) is 22.1. The molecule has 8 nitrogen and oxygen atoms in total. The second-order valence-electron chi connectivity index (χ2n) is 9.82. The van der Waals surface area contributed by atoms with E-state index in [1.807, 2.05) is 35.9 Å². The van der Waals surface area contributed by atoms with Crippen molar-refractivity contribution in [3.63, 3.8) is 0 Å². The summed E-state index contributed by atoms with van der Waals surface area (Å²) in [5.74, 6) is -0.185. The Bertz CT molecular complexity index is 1570. The number of hydrogen-bond acceptors (Lipinski definition) is 5. The average Bonchev–Trinajstić information content (AvgIpc) is 3.51. The lowest BCUT2D eigenvalue weighted by atomic mass is 9.97. The fourth-order valence-electron chi connectivity index (χ4n) is 5.33. The number of carbonyl (C=O) groups is 1. The van der Waals surface area contributed by atoms with Crippen LogP contribution in [0.1, 0.15) is 67.7 Å². The van der Waals surface area contributed by atoms with E-state index in [-0.39, 0.29) is 6.42 Å². The maximum absolute atomic E-state index is 11.9. The lowest BCUT2D eigenvalue weighted by molar-refractivity contribution is -0.137. The first-order valence-corrected chi connectivity index (χ1v) is 13.3. The SMILES string of the molecule is CCCCn1nnnc1C(NC(CC(=O)O)c1cccc(C)c1)c1ccc2c(c1)c1ccccc1n2CC. The van der Waals surface area contributed by atoms with E-state index in [2.05, 4.69) is 81.7 Å². The monoisotopic (exact) mass is 510 g/mol. The van der Waals surface area contributed by atoms with Crippen LogP contribution in [-0.2, 0) is 17.9 Å². The van der Waals surface area contributed by atoms with Gasteiger partial charge in [0, 0.05) is 40.9 Å². The standard InChI is InChI=1S/C30H34N6O2/c1-4-6-16-36-30(32-33-34-36)29(31-25(19-28(37)38)21-11-9-10-20(3)17-21)22-14-15-27-24(18-22)23-12-7-8-13-26(23)35(27)5-2/h7-15,17-18,25,29,31H,4-6,16,19H2,1-3H3,(H,37,38). The number of aliphatic carboxylic acids is 1. The summed E-state index contributed by atoms with van der Waals surface area (Å²) in [6.07, 6.45) is 1.91. The van der Waals surface area contributed by atoms with Crippen molar-refractivity contribution >= 4 is 27.8 Å². The third-order valence-electron chi connectivity index (χ3n) is 7.18. The van der Waals surface area contributed by atoms with Gasteiger partial charge in [0.15, 0.2) is 5.82 Å². The van der Waals surface area contributed by atoms with Gasteiger partial charge in [-0.3, -0.25) is 10.1 Å². The first-order chi connectivity index (χ1) is 18.5. The topological polar surface area (TPSA) is 97.9 Å². The van der Waals surface area contributed by atoms with Crippen LogP contribution < -0.4 is 5.32 Å². The highest BCUT2D eigenvalue weighted by Crippen LogP contribution is 2.34. The summed E-state index contributed by atoms with van der Waals surface area (Å²) in [5, 5.41) is 28.5. The van der Waals surface area contributed by atoms with Crippen LogP contribution in [0.25, 0.3) is 21.8 Å². The largest absolute Gasteiger partial charge is 0.481 e. The molecular formula is C30H34N6O2. The summed E-state index contributed by atoms with van der Waals surface area (Å²) >= 11 is 0. The summed E-state index contributed by atoms with van der Waals surface area (Å²) in [7, 11) is 0. The molecule has 0 aliphatic heterocycles. The predicted molar refractivity (Wildman–Crippen MR) is 149 cm³/mol. The first-order valence-electron chi connectivity index (χ1n) is 13.3. The molecule has 8 heteroatoms. The van der Waals surface area contributed by atoms with Gasteiger partial charge in [0.1, 0.15) is 0 Å². The molecule has 0 radical (unpaired) electrons. The van der Waals surface area contributed by atoms with E-state index in [0.29, 0.717) is 12.4 Å². The third-order valence-corrected chi connectivity index (χ3v) is 7.18. The molecule has 3 aromatic carbocycles. The van der Waals surface area contributed by atoms with Crippen molar-refractivity contribution < 1.29 is 9.90 Å². The zero-order chi connectivity index (χ0) is 26.6. The summed E-state index contributed by atoms with van der Waals surface area (Å²) < 4.78 is 4.16. The molecule has 0 amide bonds. The number of tetrazole rings is 1. The number of aromatic nitrogens is 5. The quantitative estimate of drug-likeness (QED) is 0.233. The molecule has 38 heavy (non-hydrogen) atoms. The molecule has 5 rings (SSSR count). The molecule has 2 unspecified atom stereocenters. The van der Waals surface area contributed by atoms with E-state index in [1.54, 1.807) is 0 Å². The molecule has 5 aromatic rings. The first kappa shape index (κ1) is 25.6. The van der Waals surface area contributed by atoms with Crippen molar-refractivity contribution in [2.24, 2.45) is 0 Å². The van der Waals surface area contributed by atoms with Crippen molar-refractivity contribution in [3.05, 3.63) is 89.2 Å². The molecule has 2 heterocycles. The average molecular weight is 511 g/mol. The minimum atomic E-state index is -0.866. The maximum atomic E-state index is 11.9. The number of benzene rings is 3. The van der Waals surface area contributed by atoms with Crippen LogP contribution in [-0.4, -0.2) is 35.9 Å². The van der Waals surface area contributed by atoms with E-state index in [4.69, 9.17) is 0 Å². The number of hydrogen-bond donors (Lipinski definition) is 2. The zero-order valence-electron chi connectivity index (χ0n) is 22.1. The van der Waals surface area contributed by atoms with Gasteiger partial charge >= 0.3 is 5.97 Å². The lowest BCUT2D eigenvalue weighted by Gasteiger charge is -2.25. The number of aryl methyl sites for hydroxylation is 3. The van der Waals surface area contributed by atoms with Gasteiger partial charge in [0.2, 0.25) is 0 Å². The third kappa shape index (κ3) is 5.04. The Morgan fingerprint density at radius 3 is 2.55 bits per heavy atom. The van der Waals surface area contributed by atoms with E-state index < -0.39 is 18.1 Å². The van der Waals surface area contributed by atoms with Crippen LogP contribution in [0.2, 0.25) is 0 Å². The molecule has 196 valence electrons. The molecule has 0 bridgehead atoms. The van der Waals surface area contributed by atoms with Crippen molar-refractivity contribution in [1.29, 1.82) is 0 Å². The molecule has 0 aliphatic rings. The Hall–Kier alpha value is -4.04. The van der Waals surface area contributed by atoms with Gasteiger partial charge in [-0.2, -0.15) is 0 Å². The van der Waals surface area contributed by atoms with E-state index >= 15 is 0 Å².